The van der Waals surface area contributed by atoms with Crippen LogP contribution in [0.5, 0.6) is 0 Å². The molecule has 1 aromatic carbocycles. The molecule has 0 atom stereocenters. The highest BCUT2D eigenvalue weighted by Crippen LogP contribution is 2.16. The van der Waals surface area contributed by atoms with E-state index in [2.05, 4.69) is 10.6 Å². The van der Waals surface area contributed by atoms with Gasteiger partial charge < -0.3 is 15.1 Å². The third kappa shape index (κ3) is 4.48. The molecule has 0 aliphatic rings. The predicted octanol–water partition coefficient (Wildman–Crippen LogP) is 3.05. The van der Waals surface area contributed by atoms with E-state index in [9.17, 15) is 9.59 Å². The van der Waals surface area contributed by atoms with Crippen LogP contribution >= 0.6 is 0 Å². The summed E-state index contributed by atoms with van der Waals surface area (Å²) in [5.74, 6) is -0.0429. The predicted molar refractivity (Wildman–Crippen MR) is 84.8 cm³/mol. The van der Waals surface area contributed by atoms with Gasteiger partial charge in [-0.25, -0.2) is 0 Å². The number of aryl methyl sites for hydroxylation is 2. The molecule has 22 heavy (non-hydrogen) atoms. The summed E-state index contributed by atoms with van der Waals surface area (Å²) in [5.41, 5.74) is 3.03. The molecular formula is C17H20N2O3. The SMILES string of the molecule is Cc1ccc(NC(=O)CCCNC(=O)c2ccco2)c(C)c1. The number of benzene rings is 1. The summed E-state index contributed by atoms with van der Waals surface area (Å²) >= 11 is 0. The number of hydrogen-bond acceptors (Lipinski definition) is 3. The van der Waals surface area contributed by atoms with Gasteiger partial charge in [-0.15, -0.1) is 0 Å². The Labute approximate surface area is 129 Å². The molecule has 1 aromatic heterocycles. The van der Waals surface area contributed by atoms with Crippen LogP contribution in [0.15, 0.2) is 41.0 Å². The first-order chi connectivity index (χ1) is 10.6. The van der Waals surface area contributed by atoms with Gasteiger partial charge in [-0.1, -0.05) is 17.7 Å². The number of hydrogen-bond donors (Lipinski definition) is 2. The highest BCUT2D eigenvalue weighted by atomic mass is 16.3. The Morgan fingerprint density at radius 3 is 2.68 bits per heavy atom. The summed E-state index contributed by atoms with van der Waals surface area (Å²) < 4.78 is 4.98. The third-order valence-corrected chi connectivity index (χ3v) is 3.27. The van der Waals surface area contributed by atoms with Crippen LogP contribution in [0.25, 0.3) is 0 Å². The van der Waals surface area contributed by atoms with Crippen molar-refractivity contribution in [3.8, 4) is 0 Å². The van der Waals surface area contributed by atoms with Crippen molar-refractivity contribution >= 4 is 17.5 Å². The number of anilines is 1. The first-order valence-electron chi connectivity index (χ1n) is 7.25. The first-order valence-corrected chi connectivity index (χ1v) is 7.25. The van der Waals surface area contributed by atoms with Gasteiger partial charge in [0, 0.05) is 18.7 Å². The molecule has 0 aliphatic carbocycles. The lowest BCUT2D eigenvalue weighted by atomic mass is 10.1. The maximum absolute atomic E-state index is 11.9. The molecular weight excluding hydrogens is 280 g/mol. The van der Waals surface area contributed by atoms with E-state index < -0.39 is 0 Å². The van der Waals surface area contributed by atoms with Crippen LogP contribution in [-0.2, 0) is 4.79 Å². The second-order valence-electron chi connectivity index (χ2n) is 5.20. The second-order valence-corrected chi connectivity index (χ2v) is 5.20. The average molecular weight is 300 g/mol. The Bertz CT molecular complexity index is 648. The van der Waals surface area contributed by atoms with Gasteiger partial charge in [-0.3, -0.25) is 9.59 Å². The molecule has 2 aromatic rings. The van der Waals surface area contributed by atoms with Gasteiger partial charge in [-0.2, -0.15) is 0 Å². The molecule has 0 bridgehead atoms. The minimum atomic E-state index is -0.264. The standard InChI is InChI=1S/C17H20N2O3/c1-12-7-8-14(13(2)11-12)19-16(20)6-3-9-18-17(21)15-5-4-10-22-15/h4-5,7-8,10-11H,3,6,9H2,1-2H3,(H,18,21)(H,19,20). The molecule has 5 nitrogen and oxygen atoms in total. The molecule has 0 unspecified atom stereocenters. The van der Waals surface area contributed by atoms with Crippen molar-refractivity contribution in [3.05, 3.63) is 53.5 Å². The fraction of sp³-hybridized carbons (Fsp3) is 0.294. The molecule has 0 fully saturated rings. The highest BCUT2D eigenvalue weighted by molar-refractivity contribution is 5.92. The summed E-state index contributed by atoms with van der Waals surface area (Å²) in [6, 6.07) is 9.15. The number of nitrogens with one attached hydrogen (secondary N) is 2. The molecule has 0 saturated heterocycles. The zero-order valence-electron chi connectivity index (χ0n) is 12.8. The largest absolute Gasteiger partial charge is 0.459 e. The van der Waals surface area contributed by atoms with Crippen molar-refractivity contribution in [1.29, 1.82) is 0 Å². The molecule has 5 heteroatoms. The first kappa shape index (κ1) is 15.8. The van der Waals surface area contributed by atoms with Crippen LogP contribution in [0.4, 0.5) is 5.69 Å². The Morgan fingerprint density at radius 1 is 1.18 bits per heavy atom. The molecule has 0 spiro atoms. The highest BCUT2D eigenvalue weighted by Gasteiger charge is 2.08. The average Bonchev–Trinajstić information content (AvgIpc) is 3.01. The van der Waals surface area contributed by atoms with Crippen molar-refractivity contribution in [2.24, 2.45) is 0 Å². The molecule has 0 aliphatic heterocycles. The van der Waals surface area contributed by atoms with Crippen LogP contribution in [0.2, 0.25) is 0 Å². The number of furan rings is 1. The topological polar surface area (TPSA) is 71.3 Å². The van der Waals surface area contributed by atoms with E-state index in [0.29, 0.717) is 19.4 Å². The third-order valence-electron chi connectivity index (χ3n) is 3.27. The molecule has 1 heterocycles. The second kappa shape index (κ2) is 7.45. The van der Waals surface area contributed by atoms with Crippen LogP contribution < -0.4 is 10.6 Å². The lowest BCUT2D eigenvalue weighted by molar-refractivity contribution is -0.116. The van der Waals surface area contributed by atoms with E-state index in [1.54, 1.807) is 12.1 Å². The fourth-order valence-corrected chi connectivity index (χ4v) is 2.11. The summed E-state index contributed by atoms with van der Waals surface area (Å²) in [5, 5.41) is 5.59. The van der Waals surface area contributed by atoms with Gasteiger partial charge in [0.2, 0.25) is 5.91 Å². The Hall–Kier alpha value is -2.56. The van der Waals surface area contributed by atoms with Crippen LogP contribution in [-0.4, -0.2) is 18.4 Å². The Morgan fingerprint density at radius 2 is 2.00 bits per heavy atom. The van der Waals surface area contributed by atoms with E-state index in [-0.39, 0.29) is 17.6 Å². The lowest BCUT2D eigenvalue weighted by Gasteiger charge is -2.09. The van der Waals surface area contributed by atoms with Gasteiger partial charge in [0.15, 0.2) is 5.76 Å². The van der Waals surface area contributed by atoms with Crippen LogP contribution in [0.1, 0.15) is 34.5 Å². The van der Waals surface area contributed by atoms with Crippen LogP contribution in [0.3, 0.4) is 0 Å². The minimum Gasteiger partial charge on any atom is -0.459 e. The van der Waals surface area contributed by atoms with E-state index in [1.807, 2.05) is 32.0 Å². The van der Waals surface area contributed by atoms with Crippen molar-refractivity contribution < 1.29 is 14.0 Å². The molecule has 2 rings (SSSR count). The number of amides is 2. The van der Waals surface area contributed by atoms with Crippen molar-refractivity contribution in [2.75, 3.05) is 11.9 Å². The van der Waals surface area contributed by atoms with Crippen molar-refractivity contribution in [3.63, 3.8) is 0 Å². The molecule has 116 valence electrons. The summed E-state index contributed by atoms with van der Waals surface area (Å²) in [7, 11) is 0. The lowest BCUT2D eigenvalue weighted by Crippen LogP contribution is -2.25. The Kier molecular flexibility index (Phi) is 5.36. The van der Waals surface area contributed by atoms with Crippen molar-refractivity contribution in [2.45, 2.75) is 26.7 Å². The van der Waals surface area contributed by atoms with Crippen molar-refractivity contribution in [1.82, 2.24) is 5.32 Å². The quantitative estimate of drug-likeness (QED) is 0.805. The zero-order valence-corrected chi connectivity index (χ0v) is 12.8. The van der Waals surface area contributed by atoms with Gasteiger partial charge >= 0.3 is 0 Å². The maximum atomic E-state index is 11.9. The smallest absolute Gasteiger partial charge is 0.286 e. The van der Waals surface area contributed by atoms with Gasteiger partial charge in [0.25, 0.3) is 5.91 Å². The van der Waals surface area contributed by atoms with Gasteiger partial charge in [0.05, 0.1) is 6.26 Å². The number of carbonyl (C=O) groups excluding carboxylic acids is 2. The maximum Gasteiger partial charge on any atom is 0.286 e. The van der Waals surface area contributed by atoms with Crippen LogP contribution in [0, 0.1) is 13.8 Å². The van der Waals surface area contributed by atoms with E-state index >= 15 is 0 Å². The monoisotopic (exact) mass is 300 g/mol. The van der Waals surface area contributed by atoms with Gasteiger partial charge in [-0.05, 0) is 44.0 Å². The number of carbonyl (C=O) groups is 2. The molecule has 0 radical (unpaired) electrons. The van der Waals surface area contributed by atoms with E-state index in [0.717, 1.165) is 16.8 Å². The fourth-order valence-electron chi connectivity index (χ4n) is 2.11. The Balaban J connectivity index is 1.71. The zero-order chi connectivity index (χ0) is 15.9. The molecule has 2 amide bonds. The summed E-state index contributed by atoms with van der Waals surface area (Å²) in [6.45, 7) is 4.41. The summed E-state index contributed by atoms with van der Waals surface area (Å²) in [6.07, 6.45) is 2.38. The summed E-state index contributed by atoms with van der Waals surface area (Å²) in [4.78, 5) is 23.5. The van der Waals surface area contributed by atoms with E-state index in [4.69, 9.17) is 4.42 Å². The minimum absolute atomic E-state index is 0.0563. The normalized spacial score (nSPS) is 10.3. The molecule has 2 N–H and O–H groups in total. The number of rotatable bonds is 6. The molecule has 0 saturated carbocycles. The van der Waals surface area contributed by atoms with E-state index in [1.165, 1.54) is 6.26 Å². The van der Waals surface area contributed by atoms with Gasteiger partial charge in [0.1, 0.15) is 0 Å².